The van der Waals surface area contributed by atoms with E-state index >= 15 is 0 Å². The van der Waals surface area contributed by atoms with E-state index in [1.165, 1.54) is 0 Å². The highest BCUT2D eigenvalue weighted by Crippen LogP contribution is 2.35. The third-order valence-corrected chi connectivity index (χ3v) is 6.53. The molecule has 6 rings (SSSR count). The number of hydrogen-bond donors (Lipinski definition) is 1. The van der Waals surface area contributed by atoms with E-state index in [-0.39, 0.29) is 0 Å². The molecule has 0 spiro atoms. The second-order valence-electron chi connectivity index (χ2n) is 7.46. The maximum absolute atomic E-state index is 6.05. The molecule has 0 bridgehead atoms. The van der Waals surface area contributed by atoms with Crippen LogP contribution in [0, 0.1) is 0 Å². The number of aromatic nitrogens is 4. The van der Waals surface area contributed by atoms with E-state index in [9.17, 15) is 0 Å². The lowest BCUT2D eigenvalue weighted by atomic mass is 10.1. The maximum atomic E-state index is 6.05. The molecule has 154 valence electrons. The number of para-hydroxylation sites is 1. The Kier molecular flexibility index (Phi) is 4.63. The van der Waals surface area contributed by atoms with Crippen LogP contribution in [0.25, 0.3) is 49.8 Å². The fourth-order valence-corrected chi connectivity index (χ4v) is 4.79. The van der Waals surface area contributed by atoms with Gasteiger partial charge in [0.25, 0.3) is 0 Å². The van der Waals surface area contributed by atoms with Crippen molar-refractivity contribution in [3.05, 3.63) is 102 Å². The van der Waals surface area contributed by atoms with Crippen LogP contribution in [0.4, 0.5) is 0 Å². The van der Waals surface area contributed by atoms with Crippen molar-refractivity contribution in [2.45, 2.75) is 0 Å². The third kappa shape index (κ3) is 3.32. The van der Waals surface area contributed by atoms with Gasteiger partial charge in [-0.2, -0.15) is 5.10 Å². The largest absolute Gasteiger partial charge is 0.360 e. The lowest BCUT2D eigenvalue weighted by molar-refractivity contribution is 0.882. The molecular weight excluding hydrogens is 436 g/mol. The van der Waals surface area contributed by atoms with Crippen molar-refractivity contribution >= 4 is 33.8 Å². The number of nitrogens with zero attached hydrogens (tertiary/aromatic N) is 3. The van der Waals surface area contributed by atoms with Gasteiger partial charge in [0.15, 0.2) is 0 Å². The van der Waals surface area contributed by atoms with Gasteiger partial charge < -0.3 is 4.98 Å². The summed E-state index contributed by atoms with van der Waals surface area (Å²) in [7, 11) is 0. The van der Waals surface area contributed by atoms with Crippen LogP contribution in [0.2, 0.25) is 5.02 Å². The van der Waals surface area contributed by atoms with Crippen LogP contribution < -0.4 is 0 Å². The molecule has 0 saturated heterocycles. The van der Waals surface area contributed by atoms with E-state index in [2.05, 4.69) is 46.8 Å². The molecule has 32 heavy (non-hydrogen) atoms. The Balaban J connectivity index is 1.52. The van der Waals surface area contributed by atoms with Gasteiger partial charge in [0.05, 0.1) is 17.1 Å². The molecule has 3 heterocycles. The molecule has 6 aromatic rings. The Labute approximate surface area is 193 Å². The average molecular weight is 453 g/mol. The Morgan fingerprint density at radius 2 is 1.56 bits per heavy atom. The van der Waals surface area contributed by atoms with Crippen molar-refractivity contribution in [1.82, 2.24) is 19.7 Å². The fourth-order valence-electron chi connectivity index (χ4n) is 3.87. The third-order valence-electron chi connectivity index (χ3n) is 5.46. The molecule has 0 fully saturated rings. The number of aromatic amines is 1. The van der Waals surface area contributed by atoms with Gasteiger partial charge in [0.1, 0.15) is 0 Å². The van der Waals surface area contributed by atoms with Gasteiger partial charge in [-0.05, 0) is 24.3 Å². The number of halogens is 1. The topological polar surface area (TPSA) is 46.5 Å². The molecule has 4 nitrogen and oxygen atoms in total. The molecule has 0 atom stereocenters. The highest BCUT2D eigenvalue weighted by atomic mass is 35.5. The molecule has 0 amide bonds. The van der Waals surface area contributed by atoms with Gasteiger partial charge in [-0.1, -0.05) is 72.3 Å². The first-order valence-electron chi connectivity index (χ1n) is 10.2. The number of hydrogen-bond acceptors (Lipinski definition) is 3. The minimum atomic E-state index is 0.713. The van der Waals surface area contributed by atoms with Gasteiger partial charge in [-0.3, -0.25) is 0 Å². The summed E-state index contributed by atoms with van der Waals surface area (Å²) < 4.78 is 1.95. The van der Waals surface area contributed by atoms with Crippen LogP contribution in [-0.4, -0.2) is 19.7 Å². The van der Waals surface area contributed by atoms with E-state index in [0.717, 1.165) is 49.8 Å². The van der Waals surface area contributed by atoms with Crippen molar-refractivity contribution in [1.29, 1.82) is 0 Å². The number of nitrogens with one attached hydrogen (secondary N) is 1. The minimum Gasteiger partial charge on any atom is -0.360 e. The Morgan fingerprint density at radius 3 is 2.41 bits per heavy atom. The van der Waals surface area contributed by atoms with E-state index in [1.807, 2.05) is 59.4 Å². The first-order chi connectivity index (χ1) is 15.8. The molecule has 3 aromatic carbocycles. The number of benzene rings is 3. The lowest BCUT2D eigenvalue weighted by Crippen LogP contribution is -1.98. The van der Waals surface area contributed by atoms with Crippen molar-refractivity contribution < 1.29 is 0 Å². The summed E-state index contributed by atoms with van der Waals surface area (Å²) in [5.41, 5.74) is 7.11. The van der Waals surface area contributed by atoms with Gasteiger partial charge in [0, 0.05) is 44.2 Å². The van der Waals surface area contributed by atoms with Crippen molar-refractivity contribution in [3.63, 3.8) is 0 Å². The van der Waals surface area contributed by atoms with Gasteiger partial charge >= 0.3 is 0 Å². The highest BCUT2D eigenvalue weighted by Gasteiger charge is 2.18. The number of H-pyrrole nitrogens is 1. The predicted octanol–water partition coefficient (Wildman–Crippen LogP) is 7.46. The SMILES string of the molecule is Clc1ccc(-c2csc(-n3nc(-c4ccccc4)cc3-c3c[nH]c4ccccc34)n2)cc1. The van der Waals surface area contributed by atoms with Crippen LogP contribution in [0.3, 0.4) is 0 Å². The first kappa shape index (κ1) is 19.0. The normalized spacial score (nSPS) is 11.3. The number of thiazole rings is 1. The lowest BCUT2D eigenvalue weighted by Gasteiger charge is -2.03. The van der Waals surface area contributed by atoms with Crippen LogP contribution in [0.15, 0.2) is 96.5 Å². The van der Waals surface area contributed by atoms with Crippen molar-refractivity contribution in [2.75, 3.05) is 0 Å². The maximum Gasteiger partial charge on any atom is 0.211 e. The molecule has 0 aliphatic rings. The first-order valence-corrected chi connectivity index (χ1v) is 11.5. The summed E-state index contributed by atoms with van der Waals surface area (Å²) in [6.07, 6.45) is 2.04. The summed E-state index contributed by atoms with van der Waals surface area (Å²) in [5, 5.41) is 9.71. The van der Waals surface area contributed by atoms with E-state index < -0.39 is 0 Å². The summed E-state index contributed by atoms with van der Waals surface area (Å²) in [6.45, 7) is 0. The molecule has 0 aliphatic carbocycles. The highest BCUT2D eigenvalue weighted by molar-refractivity contribution is 7.12. The number of rotatable bonds is 4. The smallest absolute Gasteiger partial charge is 0.211 e. The molecule has 0 unspecified atom stereocenters. The van der Waals surface area contributed by atoms with E-state index in [0.29, 0.717) is 5.02 Å². The zero-order chi connectivity index (χ0) is 21.5. The molecule has 1 N–H and O–H groups in total. The summed E-state index contributed by atoms with van der Waals surface area (Å²) >= 11 is 7.63. The monoisotopic (exact) mass is 452 g/mol. The molecule has 0 radical (unpaired) electrons. The Bertz CT molecular complexity index is 1530. The van der Waals surface area contributed by atoms with Gasteiger partial charge in [-0.15, -0.1) is 11.3 Å². The second-order valence-corrected chi connectivity index (χ2v) is 8.74. The van der Waals surface area contributed by atoms with Crippen LogP contribution in [0.1, 0.15) is 0 Å². The zero-order valence-electron chi connectivity index (χ0n) is 16.9. The zero-order valence-corrected chi connectivity index (χ0v) is 18.4. The summed E-state index contributed by atoms with van der Waals surface area (Å²) in [6, 6.07) is 28.4. The van der Waals surface area contributed by atoms with Crippen LogP contribution in [-0.2, 0) is 0 Å². The summed E-state index contributed by atoms with van der Waals surface area (Å²) in [4.78, 5) is 8.28. The Morgan fingerprint density at radius 1 is 0.812 bits per heavy atom. The molecule has 0 aliphatic heterocycles. The predicted molar refractivity (Wildman–Crippen MR) is 132 cm³/mol. The van der Waals surface area contributed by atoms with Gasteiger partial charge in [-0.25, -0.2) is 9.67 Å². The quantitative estimate of drug-likeness (QED) is 0.301. The van der Waals surface area contributed by atoms with Crippen molar-refractivity contribution in [2.24, 2.45) is 0 Å². The Hall–Kier alpha value is -3.67. The van der Waals surface area contributed by atoms with Gasteiger partial charge in [0.2, 0.25) is 5.13 Å². The molecule has 3 aromatic heterocycles. The van der Waals surface area contributed by atoms with E-state index in [1.54, 1.807) is 11.3 Å². The summed E-state index contributed by atoms with van der Waals surface area (Å²) in [5.74, 6) is 0. The van der Waals surface area contributed by atoms with E-state index in [4.69, 9.17) is 21.7 Å². The minimum absolute atomic E-state index is 0.713. The second kappa shape index (κ2) is 7.79. The molecular formula is C26H17ClN4S. The molecule has 6 heteroatoms. The van der Waals surface area contributed by atoms with Crippen molar-refractivity contribution in [3.8, 4) is 38.9 Å². The fraction of sp³-hybridized carbons (Fsp3) is 0. The molecule has 0 saturated carbocycles. The average Bonchev–Trinajstić information content (AvgIpc) is 3.57. The standard InChI is InChI=1S/C26H17ClN4S/c27-19-12-10-18(11-13-19)24-16-32-26(29-24)31-25(14-23(30-31)17-6-2-1-3-7-17)21-15-28-22-9-5-4-8-20(21)22/h1-16,28H. The van der Waals surface area contributed by atoms with Crippen LogP contribution in [0.5, 0.6) is 0 Å². The number of fused-ring (bicyclic) bond motifs is 1. The van der Waals surface area contributed by atoms with Crippen LogP contribution >= 0.6 is 22.9 Å².